The maximum atomic E-state index is 13.2. The molecule has 1 aliphatic heterocycles. The summed E-state index contributed by atoms with van der Waals surface area (Å²) >= 11 is 6.24. The van der Waals surface area contributed by atoms with Crippen LogP contribution in [0.3, 0.4) is 0 Å². The molecule has 1 aromatic carbocycles. The highest BCUT2D eigenvalue weighted by Gasteiger charge is 2.46. The summed E-state index contributed by atoms with van der Waals surface area (Å²) in [5.74, 6) is 1.93. The lowest BCUT2D eigenvalue weighted by Gasteiger charge is -2.43. The SMILES string of the molecule is COc1ccc(-c2c(N)nc(N3CCC4(CC[C@@H](C)[C@H]4N)CC3)n(C)c2=O)cc1Cl. The first kappa shape index (κ1) is 21.0. The maximum Gasteiger partial charge on any atom is 0.264 e. The second-order valence-corrected chi connectivity index (χ2v) is 9.18. The Morgan fingerprint density at radius 3 is 2.53 bits per heavy atom. The third-order valence-corrected chi connectivity index (χ3v) is 7.49. The highest BCUT2D eigenvalue weighted by molar-refractivity contribution is 6.32. The molecule has 2 heterocycles. The standard InChI is InChI=1S/C22H30ClN5O2/c1-13-6-7-22(18(13)24)8-10-28(11-9-22)21-26-19(25)17(20(29)27(21)2)14-4-5-16(30-3)15(23)12-14/h4-5,12-13,18H,6-11,24-25H2,1-3H3/t13-,18-/m1/s1. The summed E-state index contributed by atoms with van der Waals surface area (Å²) in [6.45, 7) is 3.91. The van der Waals surface area contributed by atoms with Crippen LogP contribution in [-0.4, -0.2) is 35.8 Å². The molecule has 7 nitrogen and oxygen atoms in total. The van der Waals surface area contributed by atoms with Gasteiger partial charge in [0.15, 0.2) is 0 Å². The summed E-state index contributed by atoms with van der Waals surface area (Å²) in [4.78, 5) is 20.0. The molecule has 4 N–H and O–H groups in total. The van der Waals surface area contributed by atoms with Crippen LogP contribution in [0.4, 0.5) is 11.8 Å². The van der Waals surface area contributed by atoms with E-state index in [1.54, 1.807) is 36.9 Å². The molecule has 30 heavy (non-hydrogen) atoms. The van der Waals surface area contributed by atoms with E-state index in [0.29, 0.717) is 33.8 Å². The van der Waals surface area contributed by atoms with Crippen molar-refractivity contribution in [1.82, 2.24) is 9.55 Å². The molecule has 1 spiro atoms. The van der Waals surface area contributed by atoms with E-state index in [1.165, 1.54) is 12.8 Å². The fourth-order valence-corrected chi connectivity index (χ4v) is 5.44. The minimum absolute atomic E-state index is 0.190. The largest absolute Gasteiger partial charge is 0.495 e. The number of benzene rings is 1. The molecule has 8 heteroatoms. The van der Waals surface area contributed by atoms with Crippen LogP contribution in [0, 0.1) is 11.3 Å². The van der Waals surface area contributed by atoms with Crippen LogP contribution < -0.4 is 26.7 Å². The molecule has 2 fully saturated rings. The van der Waals surface area contributed by atoms with Gasteiger partial charge in [-0.05, 0) is 54.7 Å². The first-order valence-electron chi connectivity index (χ1n) is 10.5. The predicted molar refractivity (Wildman–Crippen MR) is 121 cm³/mol. The molecular weight excluding hydrogens is 402 g/mol. The minimum Gasteiger partial charge on any atom is -0.495 e. The summed E-state index contributed by atoms with van der Waals surface area (Å²) < 4.78 is 6.78. The summed E-state index contributed by atoms with van der Waals surface area (Å²) in [6, 6.07) is 5.43. The number of piperidine rings is 1. The summed E-state index contributed by atoms with van der Waals surface area (Å²) in [7, 11) is 3.29. The van der Waals surface area contributed by atoms with Gasteiger partial charge in [-0.2, -0.15) is 4.98 Å². The van der Waals surface area contributed by atoms with E-state index in [0.717, 1.165) is 25.9 Å². The lowest BCUT2D eigenvalue weighted by atomic mass is 9.73. The second kappa shape index (κ2) is 7.78. The summed E-state index contributed by atoms with van der Waals surface area (Å²) in [5, 5.41) is 0.420. The molecule has 4 rings (SSSR count). The minimum atomic E-state index is -0.190. The van der Waals surface area contributed by atoms with Crippen LogP contribution >= 0.6 is 11.6 Å². The Hall–Kier alpha value is -2.25. The van der Waals surface area contributed by atoms with Crippen molar-refractivity contribution >= 4 is 23.4 Å². The topological polar surface area (TPSA) is 99.4 Å². The number of aromatic nitrogens is 2. The molecular formula is C22H30ClN5O2. The molecule has 162 valence electrons. The molecule has 0 amide bonds. The van der Waals surface area contributed by atoms with Crippen molar-refractivity contribution < 1.29 is 4.74 Å². The molecule has 1 saturated carbocycles. The first-order valence-corrected chi connectivity index (χ1v) is 10.9. The van der Waals surface area contributed by atoms with E-state index < -0.39 is 0 Å². The van der Waals surface area contributed by atoms with Crippen molar-refractivity contribution in [3.63, 3.8) is 0 Å². The van der Waals surface area contributed by atoms with E-state index in [4.69, 9.17) is 27.8 Å². The smallest absolute Gasteiger partial charge is 0.264 e. The van der Waals surface area contributed by atoms with Gasteiger partial charge in [0, 0.05) is 26.2 Å². The van der Waals surface area contributed by atoms with Crippen LogP contribution in [0.2, 0.25) is 5.02 Å². The zero-order chi connectivity index (χ0) is 21.6. The lowest BCUT2D eigenvalue weighted by molar-refractivity contribution is 0.185. The van der Waals surface area contributed by atoms with Gasteiger partial charge in [-0.15, -0.1) is 0 Å². The number of halogens is 1. The Bertz CT molecular complexity index is 1010. The predicted octanol–water partition coefficient (Wildman–Crippen LogP) is 3.04. The van der Waals surface area contributed by atoms with Gasteiger partial charge >= 0.3 is 0 Å². The van der Waals surface area contributed by atoms with E-state index in [1.807, 2.05) is 0 Å². The number of nitrogen functional groups attached to an aromatic ring is 1. The van der Waals surface area contributed by atoms with Gasteiger partial charge in [-0.1, -0.05) is 24.6 Å². The monoisotopic (exact) mass is 431 g/mol. The molecule has 0 unspecified atom stereocenters. The Kier molecular flexibility index (Phi) is 5.45. The maximum absolute atomic E-state index is 13.2. The molecule has 2 aliphatic rings. The third kappa shape index (κ3) is 3.34. The van der Waals surface area contributed by atoms with E-state index in [2.05, 4.69) is 16.8 Å². The van der Waals surface area contributed by atoms with Crippen LogP contribution in [0.25, 0.3) is 11.1 Å². The van der Waals surface area contributed by atoms with Crippen molar-refractivity contribution in [3.05, 3.63) is 33.6 Å². The van der Waals surface area contributed by atoms with Crippen LogP contribution in [0.1, 0.15) is 32.6 Å². The average molecular weight is 432 g/mol. The average Bonchev–Trinajstić information content (AvgIpc) is 3.00. The molecule has 1 saturated heterocycles. The van der Waals surface area contributed by atoms with E-state index in [-0.39, 0.29) is 22.8 Å². The van der Waals surface area contributed by atoms with Gasteiger partial charge in [0.05, 0.1) is 17.7 Å². The molecule has 1 aliphatic carbocycles. The first-order chi connectivity index (χ1) is 14.3. The number of rotatable bonds is 3. The van der Waals surface area contributed by atoms with Crippen molar-refractivity contribution in [2.45, 2.75) is 38.6 Å². The molecule has 2 atom stereocenters. The highest BCUT2D eigenvalue weighted by atomic mass is 35.5. The van der Waals surface area contributed by atoms with E-state index >= 15 is 0 Å². The molecule has 2 aromatic rings. The Labute approximate surface area is 182 Å². The van der Waals surface area contributed by atoms with Crippen LogP contribution in [0.5, 0.6) is 5.75 Å². The summed E-state index contributed by atoms with van der Waals surface area (Å²) in [6.07, 6.45) is 4.42. The highest BCUT2D eigenvalue weighted by Crippen LogP contribution is 2.48. The fourth-order valence-electron chi connectivity index (χ4n) is 5.18. The van der Waals surface area contributed by atoms with Gasteiger partial charge < -0.3 is 21.1 Å². The van der Waals surface area contributed by atoms with Gasteiger partial charge in [-0.3, -0.25) is 9.36 Å². The molecule has 0 radical (unpaired) electrons. The van der Waals surface area contributed by atoms with Crippen LogP contribution in [0.15, 0.2) is 23.0 Å². The van der Waals surface area contributed by atoms with Crippen molar-refractivity contribution in [3.8, 4) is 16.9 Å². The number of nitrogens with two attached hydrogens (primary N) is 2. The van der Waals surface area contributed by atoms with Gasteiger partial charge in [0.1, 0.15) is 11.6 Å². The summed E-state index contributed by atoms with van der Waals surface area (Å²) in [5.41, 5.74) is 13.8. The van der Waals surface area contributed by atoms with E-state index in [9.17, 15) is 4.79 Å². The van der Waals surface area contributed by atoms with Gasteiger partial charge in [0.2, 0.25) is 5.95 Å². The van der Waals surface area contributed by atoms with Crippen molar-refractivity contribution in [2.75, 3.05) is 30.8 Å². The molecule has 1 aromatic heterocycles. The second-order valence-electron chi connectivity index (χ2n) is 8.78. The van der Waals surface area contributed by atoms with Gasteiger partial charge in [-0.25, -0.2) is 0 Å². The Balaban J connectivity index is 1.63. The zero-order valence-electron chi connectivity index (χ0n) is 17.8. The third-order valence-electron chi connectivity index (χ3n) is 7.20. The fraction of sp³-hybridized carbons (Fsp3) is 0.545. The van der Waals surface area contributed by atoms with Gasteiger partial charge in [0.25, 0.3) is 5.56 Å². The Morgan fingerprint density at radius 1 is 1.27 bits per heavy atom. The number of nitrogens with zero attached hydrogens (tertiary/aromatic N) is 3. The molecule has 0 bridgehead atoms. The normalized spacial score (nSPS) is 23.2. The number of hydrogen-bond acceptors (Lipinski definition) is 6. The number of ether oxygens (including phenoxy) is 1. The van der Waals surface area contributed by atoms with Crippen molar-refractivity contribution in [2.24, 2.45) is 24.1 Å². The number of methoxy groups -OCH3 is 1. The van der Waals surface area contributed by atoms with Crippen molar-refractivity contribution in [1.29, 1.82) is 0 Å². The quantitative estimate of drug-likeness (QED) is 0.774. The van der Waals surface area contributed by atoms with Crippen LogP contribution in [-0.2, 0) is 7.05 Å². The zero-order valence-corrected chi connectivity index (χ0v) is 18.6. The Morgan fingerprint density at radius 2 is 1.97 bits per heavy atom. The lowest BCUT2D eigenvalue weighted by Crippen LogP contribution is -2.49. The number of hydrogen-bond donors (Lipinski definition) is 2. The number of anilines is 2.